The van der Waals surface area contributed by atoms with E-state index in [1.165, 1.54) is 51.4 Å². The van der Waals surface area contributed by atoms with Crippen LogP contribution in [0.2, 0.25) is 0 Å². The number of quaternary nitrogens is 1. The number of aliphatic carboxylic acids is 1. The van der Waals surface area contributed by atoms with Crippen molar-refractivity contribution in [2.75, 3.05) is 41.0 Å². The summed E-state index contributed by atoms with van der Waals surface area (Å²) >= 11 is 0. The van der Waals surface area contributed by atoms with Crippen LogP contribution in [0.5, 0.6) is 0 Å². The number of unbranched alkanes of at least 4 members (excludes halogenated alkanes) is 15. The molecule has 2 unspecified atom stereocenters. The van der Waals surface area contributed by atoms with Crippen molar-refractivity contribution in [3.05, 3.63) is 48.6 Å². The molecule has 0 aromatic rings. The number of nitrogens with zero attached hydrogens (tertiary/aromatic N) is 1. The first-order valence-electron chi connectivity index (χ1n) is 21.2. The predicted octanol–water partition coefficient (Wildman–Crippen LogP) is 11.2. The first kappa shape index (κ1) is 50.3. The maximum Gasteiger partial charge on any atom is 0.362 e. The Morgan fingerprint density at radius 3 is 1.60 bits per heavy atom. The van der Waals surface area contributed by atoms with Crippen LogP contribution in [-0.4, -0.2) is 80.6 Å². The van der Waals surface area contributed by atoms with Crippen LogP contribution in [0.15, 0.2) is 48.6 Å². The van der Waals surface area contributed by atoms with E-state index in [0.717, 1.165) is 83.5 Å². The number of likely N-dealkylation sites (N-methyl/N-ethyl adjacent to an activating group) is 1. The van der Waals surface area contributed by atoms with Gasteiger partial charge in [0.25, 0.3) is 0 Å². The van der Waals surface area contributed by atoms with Crippen molar-refractivity contribution in [1.82, 2.24) is 0 Å². The Hall–Kier alpha value is -2.71. The second kappa shape index (κ2) is 36.3. The lowest BCUT2D eigenvalue weighted by atomic mass is 10.1. The van der Waals surface area contributed by atoms with Crippen molar-refractivity contribution in [1.29, 1.82) is 0 Å². The largest absolute Gasteiger partial charge is 0.477 e. The van der Waals surface area contributed by atoms with Gasteiger partial charge >= 0.3 is 17.9 Å². The molecule has 2 atom stereocenters. The van der Waals surface area contributed by atoms with E-state index in [2.05, 4.69) is 62.5 Å². The Morgan fingerprint density at radius 1 is 0.585 bits per heavy atom. The summed E-state index contributed by atoms with van der Waals surface area (Å²) in [7, 11) is 5.51. The van der Waals surface area contributed by atoms with Crippen molar-refractivity contribution in [3.63, 3.8) is 0 Å². The standard InChI is InChI=1S/C45H79NO7/c1-6-8-10-12-14-16-18-20-21-22-24-25-27-29-31-33-35-43(47)52-40-41(39-51-38-37-42(45(49)50)46(3,4)5)53-44(48)36-34-32-30-28-26-23-19-17-15-13-11-9-7-2/h8,10,14,16,20-21,23,26,41-42H,6-7,9,11-13,15,17-19,22,24-25,27-40H2,1-5H3/p+1/b10-8+,16-14+,21-20+,26-23+. The molecule has 0 saturated carbocycles. The third-order valence-electron chi connectivity index (χ3n) is 9.21. The van der Waals surface area contributed by atoms with E-state index in [1.54, 1.807) is 0 Å². The molecule has 8 nitrogen and oxygen atoms in total. The molecule has 0 fully saturated rings. The molecule has 0 aliphatic heterocycles. The molecular formula is C45H80NO7+. The summed E-state index contributed by atoms with van der Waals surface area (Å²) in [5.74, 6) is -1.51. The van der Waals surface area contributed by atoms with Gasteiger partial charge in [0.1, 0.15) is 6.61 Å². The number of carboxylic acid groups (broad SMARTS) is 1. The summed E-state index contributed by atoms with van der Waals surface area (Å²) in [6, 6.07) is -0.619. The summed E-state index contributed by atoms with van der Waals surface area (Å²) in [6.45, 7) is 4.58. The molecule has 0 spiro atoms. The zero-order chi connectivity index (χ0) is 39.3. The van der Waals surface area contributed by atoms with Crippen LogP contribution in [0.3, 0.4) is 0 Å². The van der Waals surface area contributed by atoms with Gasteiger partial charge in [-0.2, -0.15) is 0 Å². The van der Waals surface area contributed by atoms with Gasteiger partial charge in [0.2, 0.25) is 0 Å². The van der Waals surface area contributed by atoms with E-state index in [0.29, 0.717) is 19.3 Å². The molecule has 0 aliphatic carbocycles. The molecule has 0 saturated heterocycles. The zero-order valence-electron chi connectivity index (χ0n) is 34.7. The maximum atomic E-state index is 12.7. The lowest BCUT2D eigenvalue weighted by Gasteiger charge is -2.31. The number of carbonyl (C=O) groups excluding carboxylic acids is 2. The molecule has 0 aromatic heterocycles. The van der Waals surface area contributed by atoms with Gasteiger partial charge in [0.15, 0.2) is 12.1 Å². The molecule has 0 aliphatic rings. The van der Waals surface area contributed by atoms with E-state index in [9.17, 15) is 19.5 Å². The number of esters is 2. The van der Waals surface area contributed by atoms with E-state index < -0.39 is 18.1 Å². The van der Waals surface area contributed by atoms with Gasteiger partial charge in [0, 0.05) is 19.3 Å². The number of allylic oxidation sites excluding steroid dienone is 8. The van der Waals surface area contributed by atoms with Crippen molar-refractivity contribution in [2.24, 2.45) is 0 Å². The monoisotopic (exact) mass is 747 g/mol. The van der Waals surface area contributed by atoms with Gasteiger partial charge in [-0.25, -0.2) is 4.79 Å². The van der Waals surface area contributed by atoms with Crippen molar-refractivity contribution < 1.29 is 38.2 Å². The summed E-state index contributed by atoms with van der Waals surface area (Å²) in [5.41, 5.74) is 0. The van der Waals surface area contributed by atoms with Crippen molar-refractivity contribution in [2.45, 2.75) is 180 Å². The second-order valence-electron chi connectivity index (χ2n) is 15.2. The second-order valence-corrected chi connectivity index (χ2v) is 15.2. The highest BCUT2D eigenvalue weighted by atomic mass is 16.6. The highest BCUT2D eigenvalue weighted by Crippen LogP contribution is 2.13. The number of ether oxygens (including phenoxy) is 3. The first-order valence-corrected chi connectivity index (χ1v) is 21.2. The average molecular weight is 747 g/mol. The van der Waals surface area contributed by atoms with Gasteiger partial charge < -0.3 is 23.8 Å². The Balaban J connectivity index is 4.41. The number of hydrogen-bond acceptors (Lipinski definition) is 6. The molecule has 53 heavy (non-hydrogen) atoms. The fraction of sp³-hybridized carbons (Fsp3) is 0.756. The van der Waals surface area contributed by atoms with Crippen molar-refractivity contribution in [3.8, 4) is 0 Å². The molecular weight excluding hydrogens is 666 g/mol. The zero-order valence-corrected chi connectivity index (χ0v) is 34.7. The van der Waals surface area contributed by atoms with Crippen LogP contribution in [0.4, 0.5) is 0 Å². The fourth-order valence-corrected chi connectivity index (χ4v) is 5.92. The highest BCUT2D eigenvalue weighted by Gasteiger charge is 2.31. The Morgan fingerprint density at radius 2 is 1.06 bits per heavy atom. The molecule has 0 bridgehead atoms. The smallest absolute Gasteiger partial charge is 0.362 e. The summed E-state index contributed by atoms with van der Waals surface area (Å²) in [5, 5.41) is 9.60. The van der Waals surface area contributed by atoms with Crippen LogP contribution in [0.25, 0.3) is 0 Å². The molecule has 0 amide bonds. The third kappa shape index (κ3) is 34.8. The van der Waals surface area contributed by atoms with Gasteiger partial charge in [-0.15, -0.1) is 0 Å². The first-order chi connectivity index (χ1) is 25.6. The molecule has 0 aromatic carbocycles. The summed E-state index contributed by atoms with van der Waals surface area (Å²) < 4.78 is 17.2. The molecule has 0 radical (unpaired) electrons. The third-order valence-corrected chi connectivity index (χ3v) is 9.21. The number of carbonyl (C=O) groups is 3. The van der Waals surface area contributed by atoms with Crippen molar-refractivity contribution >= 4 is 17.9 Å². The van der Waals surface area contributed by atoms with E-state index >= 15 is 0 Å². The maximum absolute atomic E-state index is 12.7. The average Bonchev–Trinajstić information content (AvgIpc) is 3.11. The number of hydrogen-bond donors (Lipinski definition) is 1. The van der Waals surface area contributed by atoms with Crippen LogP contribution in [0.1, 0.15) is 168 Å². The lowest BCUT2D eigenvalue weighted by molar-refractivity contribution is -0.887. The van der Waals surface area contributed by atoms with E-state index in [-0.39, 0.29) is 36.2 Å². The molecule has 1 N–H and O–H groups in total. The molecule has 0 heterocycles. The quantitative estimate of drug-likeness (QED) is 0.0292. The van der Waals surface area contributed by atoms with Gasteiger partial charge in [-0.05, 0) is 70.6 Å². The minimum Gasteiger partial charge on any atom is -0.477 e. The topological polar surface area (TPSA) is 99.1 Å². The van der Waals surface area contributed by atoms with Crippen LogP contribution < -0.4 is 0 Å². The fourth-order valence-electron chi connectivity index (χ4n) is 5.92. The SMILES string of the molecule is CC/C=C/C/C=C/C/C=C/CCCCCCCCC(=O)OCC(COCCC(C(=O)O)[N+](C)(C)C)OC(=O)CCCCC/C=C/CCCCCCCC. The predicted molar refractivity (Wildman–Crippen MR) is 220 cm³/mol. The number of carboxylic acids is 1. The summed E-state index contributed by atoms with van der Waals surface area (Å²) in [4.78, 5) is 36.9. The van der Waals surface area contributed by atoms with Crippen LogP contribution in [-0.2, 0) is 28.6 Å². The molecule has 8 heteroatoms. The van der Waals surface area contributed by atoms with Gasteiger partial charge in [-0.1, -0.05) is 127 Å². The molecule has 306 valence electrons. The van der Waals surface area contributed by atoms with E-state index in [4.69, 9.17) is 14.2 Å². The van der Waals surface area contributed by atoms with Gasteiger partial charge in [-0.3, -0.25) is 9.59 Å². The summed E-state index contributed by atoms with van der Waals surface area (Å²) in [6.07, 6.45) is 41.5. The lowest BCUT2D eigenvalue weighted by Crippen LogP contribution is -2.50. The molecule has 0 rings (SSSR count). The van der Waals surface area contributed by atoms with Crippen LogP contribution >= 0.6 is 0 Å². The van der Waals surface area contributed by atoms with Gasteiger partial charge in [0.05, 0.1) is 34.4 Å². The Bertz CT molecular complexity index is 1010. The Kier molecular flexibility index (Phi) is 34.4. The minimum absolute atomic E-state index is 0.0500. The highest BCUT2D eigenvalue weighted by molar-refractivity contribution is 5.72. The Labute approximate surface area is 325 Å². The minimum atomic E-state index is -0.881. The van der Waals surface area contributed by atoms with Crippen LogP contribution in [0, 0.1) is 0 Å². The van der Waals surface area contributed by atoms with E-state index in [1.807, 2.05) is 21.1 Å². The normalized spacial score (nSPS) is 13.5. The number of rotatable bonds is 37.